The second kappa shape index (κ2) is 6.79. The molecule has 26 heavy (non-hydrogen) atoms. The smallest absolute Gasteiger partial charge is 0.423 e. The summed E-state index contributed by atoms with van der Waals surface area (Å²) in [6.07, 6.45) is 0. The Labute approximate surface area is 146 Å². The number of esters is 1. The second-order valence-electron chi connectivity index (χ2n) is 5.21. The van der Waals surface area contributed by atoms with Crippen LogP contribution in [0.1, 0.15) is 17.3 Å². The maximum atomic E-state index is 12.4. The number of hydrogen-bond donors (Lipinski definition) is 1. The summed E-state index contributed by atoms with van der Waals surface area (Å²) in [6, 6.07) is 8.12. The molecule has 0 aliphatic heterocycles. The molecule has 0 spiro atoms. The van der Waals surface area contributed by atoms with Gasteiger partial charge in [-0.2, -0.15) is 21.6 Å². The largest absolute Gasteiger partial charge is 0.516 e. The van der Waals surface area contributed by atoms with E-state index in [9.17, 15) is 31.2 Å². The van der Waals surface area contributed by atoms with Crippen molar-refractivity contribution in [1.29, 1.82) is 0 Å². The fraction of sp³-hybridized carbons (Fsp3) is 0.125. The van der Waals surface area contributed by atoms with Crippen molar-refractivity contribution in [2.75, 3.05) is 0 Å². The Morgan fingerprint density at radius 2 is 1.65 bits per heavy atom. The van der Waals surface area contributed by atoms with Crippen molar-refractivity contribution >= 4 is 32.7 Å². The van der Waals surface area contributed by atoms with Crippen molar-refractivity contribution in [3.8, 4) is 5.75 Å². The second-order valence-corrected chi connectivity index (χ2v) is 6.88. The number of hydrogen-bond acceptors (Lipinski definition) is 5. The van der Waals surface area contributed by atoms with E-state index in [0.29, 0.717) is 0 Å². The third kappa shape index (κ3) is 3.85. The van der Waals surface area contributed by atoms with Crippen LogP contribution in [0.15, 0.2) is 48.6 Å². The summed E-state index contributed by atoms with van der Waals surface area (Å²) >= 11 is 0. The predicted octanol–water partition coefficient (Wildman–Crippen LogP) is 2.90. The normalized spacial score (nSPS) is 11.8. The third-order valence-electron chi connectivity index (χ3n) is 3.21. The number of alkyl halides is 3. The molecular weight excluding hydrogens is 375 g/mol. The molecule has 0 radical (unpaired) electrons. The Kier molecular flexibility index (Phi) is 5.08. The first-order chi connectivity index (χ1) is 11.9. The van der Waals surface area contributed by atoms with Gasteiger partial charge in [0.05, 0.1) is 0 Å². The minimum Gasteiger partial charge on any atom is -0.423 e. The molecule has 138 valence electrons. The molecule has 0 saturated heterocycles. The summed E-state index contributed by atoms with van der Waals surface area (Å²) in [6.45, 7) is 4.85. The van der Waals surface area contributed by atoms with Crippen molar-refractivity contribution in [3.63, 3.8) is 0 Å². The van der Waals surface area contributed by atoms with Crippen LogP contribution in [0.2, 0.25) is 0 Å². The average molecular weight is 387 g/mol. The fourth-order valence-electron chi connectivity index (χ4n) is 1.98. The van der Waals surface area contributed by atoms with E-state index in [1.165, 1.54) is 31.2 Å². The summed E-state index contributed by atoms with van der Waals surface area (Å²) < 4.78 is 65.6. The number of nitrogens with one attached hydrogen (secondary N) is 1. The molecule has 0 atom stereocenters. The van der Waals surface area contributed by atoms with Gasteiger partial charge in [-0.1, -0.05) is 30.8 Å². The molecule has 2 rings (SSSR count). The van der Waals surface area contributed by atoms with E-state index in [2.05, 4.69) is 6.58 Å². The highest BCUT2D eigenvalue weighted by Gasteiger charge is 2.47. The Morgan fingerprint density at radius 3 is 2.19 bits per heavy atom. The van der Waals surface area contributed by atoms with Gasteiger partial charge < -0.3 is 4.74 Å². The van der Waals surface area contributed by atoms with Crippen LogP contribution < -0.4 is 9.46 Å². The van der Waals surface area contributed by atoms with Crippen molar-refractivity contribution < 1.29 is 35.9 Å². The Bertz CT molecular complexity index is 1010. The first-order valence-corrected chi connectivity index (χ1v) is 8.45. The van der Waals surface area contributed by atoms with E-state index in [1.807, 2.05) is 0 Å². The SMILES string of the molecule is C=C(C)C(=O)Oc1ccc(C(=O)NS(=O)(=O)C(F)(F)F)c2ccccc12. The summed E-state index contributed by atoms with van der Waals surface area (Å²) in [7, 11) is -5.85. The van der Waals surface area contributed by atoms with Gasteiger partial charge in [0.25, 0.3) is 5.91 Å². The summed E-state index contributed by atoms with van der Waals surface area (Å²) in [4.78, 5) is 23.7. The Morgan fingerprint density at radius 1 is 1.08 bits per heavy atom. The van der Waals surface area contributed by atoms with Crippen LogP contribution in [0.3, 0.4) is 0 Å². The van der Waals surface area contributed by atoms with Crippen LogP contribution in [0, 0.1) is 0 Å². The molecule has 0 fully saturated rings. The molecule has 0 aromatic heterocycles. The topological polar surface area (TPSA) is 89.5 Å². The van der Waals surface area contributed by atoms with E-state index in [0.717, 1.165) is 10.8 Å². The van der Waals surface area contributed by atoms with Gasteiger partial charge in [-0.25, -0.2) is 9.52 Å². The zero-order chi connectivity index (χ0) is 19.7. The Balaban J connectivity index is 2.49. The van der Waals surface area contributed by atoms with Crippen LogP contribution in [-0.4, -0.2) is 25.8 Å². The lowest BCUT2D eigenvalue weighted by Crippen LogP contribution is -2.40. The molecule has 6 nitrogen and oxygen atoms in total. The number of sulfonamides is 1. The van der Waals surface area contributed by atoms with Crippen molar-refractivity contribution in [3.05, 3.63) is 54.1 Å². The third-order valence-corrected chi connectivity index (χ3v) is 4.28. The van der Waals surface area contributed by atoms with E-state index >= 15 is 0 Å². The van der Waals surface area contributed by atoms with Gasteiger partial charge in [-0.3, -0.25) is 4.79 Å². The van der Waals surface area contributed by atoms with E-state index in [-0.39, 0.29) is 27.7 Å². The predicted molar refractivity (Wildman–Crippen MR) is 86.8 cm³/mol. The van der Waals surface area contributed by atoms with Gasteiger partial charge in [0.1, 0.15) is 5.75 Å². The first-order valence-electron chi connectivity index (χ1n) is 6.97. The monoisotopic (exact) mass is 387 g/mol. The highest BCUT2D eigenvalue weighted by Crippen LogP contribution is 2.30. The molecule has 1 amide bonds. The van der Waals surface area contributed by atoms with E-state index < -0.39 is 27.4 Å². The van der Waals surface area contributed by atoms with Crippen molar-refractivity contribution in [2.45, 2.75) is 12.4 Å². The summed E-state index contributed by atoms with van der Waals surface area (Å²) in [5.41, 5.74) is -5.84. The first kappa shape index (κ1) is 19.4. The highest BCUT2D eigenvalue weighted by molar-refractivity contribution is 7.90. The number of rotatable bonds is 4. The van der Waals surface area contributed by atoms with Crippen LogP contribution in [0.25, 0.3) is 10.8 Å². The molecule has 0 bridgehead atoms. The minimum atomic E-state index is -5.85. The quantitative estimate of drug-likeness (QED) is 0.495. The lowest BCUT2D eigenvalue weighted by molar-refractivity contribution is -0.129. The molecule has 2 aromatic carbocycles. The lowest BCUT2D eigenvalue weighted by Gasteiger charge is -2.13. The highest BCUT2D eigenvalue weighted by atomic mass is 32.2. The number of ether oxygens (including phenoxy) is 1. The van der Waals surface area contributed by atoms with Gasteiger partial charge in [0, 0.05) is 16.5 Å². The molecule has 0 aliphatic rings. The van der Waals surface area contributed by atoms with Gasteiger partial charge in [0.15, 0.2) is 0 Å². The number of amides is 1. The summed E-state index contributed by atoms with van der Waals surface area (Å²) in [5.74, 6) is -2.15. The van der Waals surface area contributed by atoms with Gasteiger partial charge in [0.2, 0.25) is 0 Å². The van der Waals surface area contributed by atoms with Crippen molar-refractivity contribution in [2.24, 2.45) is 0 Å². The number of carbonyl (C=O) groups is 2. The van der Waals surface area contributed by atoms with E-state index in [1.54, 1.807) is 6.07 Å². The number of carbonyl (C=O) groups excluding carboxylic acids is 2. The molecule has 0 aliphatic carbocycles. The Hall–Kier alpha value is -2.88. The van der Waals surface area contributed by atoms with Crippen LogP contribution in [0.4, 0.5) is 13.2 Å². The van der Waals surface area contributed by atoms with Crippen LogP contribution in [0.5, 0.6) is 5.75 Å². The number of benzene rings is 2. The van der Waals surface area contributed by atoms with Gasteiger partial charge in [-0.05, 0) is 24.4 Å². The van der Waals surface area contributed by atoms with Gasteiger partial charge in [-0.15, -0.1) is 0 Å². The van der Waals surface area contributed by atoms with Crippen molar-refractivity contribution in [1.82, 2.24) is 4.72 Å². The van der Waals surface area contributed by atoms with Crippen LogP contribution >= 0.6 is 0 Å². The average Bonchev–Trinajstić information content (AvgIpc) is 2.53. The minimum absolute atomic E-state index is 0.0452. The molecule has 0 heterocycles. The standard InChI is InChI=1S/C16H12F3NO5S/c1-9(2)15(22)25-13-8-7-12(10-5-3-4-6-11(10)13)14(21)20-26(23,24)16(17,18)19/h3-8H,1H2,2H3,(H,20,21). The lowest BCUT2D eigenvalue weighted by atomic mass is 10.0. The van der Waals surface area contributed by atoms with Gasteiger partial charge >= 0.3 is 21.5 Å². The maximum Gasteiger partial charge on any atom is 0.516 e. The zero-order valence-electron chi connectivity index (χ0n) is 13.3. The molecule has 10 heteroatoms. The van der Waals surface area contributed by atoms with Crippen LogP contribution in [-0.2, 0) is 14.8 Å². The zero-order valence-corrected chi connectivity index (χ0v) is 14.1. The summed E-state index contributed by atoms with van der Waals surface area (Å²) in [5, 5.41) is 0.341. The number of fused-ring (bicyclic) bond motifs is 1. The molecule has 2 aromatic rings. The maximum absolute atomic E-state index is 12.4. The molecule has 0 unspecified atom stereocenters. The molecule has 0 saturated carbocycles. The molecular formula is C16H12F3NO5S. The number of halogens is 3. The van der Waals surface area contributed by atoms with E-state index in [4.69, 9.17) is 4.74 Å². The molecule has 1 N–H and O–H groups in total. The fourth-order valence-corrected chi connectivity index (χ4v) is 2.45.